The zero-order chi connectivity index (χ0) is 8.69. The fourth-order valence-electron chi connectivity index (χ4n) is 0.227. The Balaban J connectivity index is 0.000000183. The van der Waals surface area contributed by atoms with Gasteiger partial charge in [0.15, 0.2) is 0 Å². The highest BCUT2D eigenvalue weighted by Gasteiger charge is 1.98. The van der Waals surface area contributed by atoms with Gasteiger partial charge in [-0.25, -0.2) is 4.79 Å². The highest BCUT2D eigenvalue weighted by molar-refractivity contribution is 7.07. The van der Waals surface area contributed by atoms with Crippen molar-refractivity contribution in [3.05, 3.63) is 22.9 Å². The molecule has 0 aliphatic heterocycles. The number of rotatable bonds is 1. The molecule has 1 heterocycles. The summed E-state index contributed by atoms with van der Waals surface area (Å²) in [5, 5.41) is 11.7. The molecule has 0 saturated carbocycles. The Morgan fingerprint density at radius 2 is 1.64 bits per heavy atom. The molecule has 1 aromatic heterocycles. The lowest BCUT2D eigenvalue weighted by atomic mass is 10.5. The third-order valence-corrected chi connectivity index (χ3v) is 1.36. The van der Waals surface area contributed by atoms with Crippen molar-refractivity contribution in [3.8, 4) is 0 Å². The van der Waals surface area contributed by atoms with Crippen molar-refractivity contribution in [1.82, 2.24) is 0 Å². The van der Waals surface area contributed by atoms with Crippen LogP contribution in [-0.4, -0.2) is 16.9 Å². The molecule has 1 N–H and O–H groups in total. The van der Waals surface area contributed by atoms with E-state index in [1.165, 1.54) is 0 Å². The molecule has 0 bridgehead atoms. The fraction of sp³-hybridized carbons (Fsp3) is 0.143. The van der Waals surface area contributed by atoms with Gasteiger partial charge in [0, 0.05) is 6.92 Å². The van der Waals surface area contributed by atoms with Gasteiger partial charge in [-0.2, -0.15) is 11.3 Å². The van der Waals surface area contributed by atoms with Crippen molar-refractivity contribution in [2.75, 3.05) is 0 Å². The van der Waals surface area contributed by atoms with Crippen molar-refractivity contribution in [2.45, 2.75) is 6.92 Å². The molecule has 0 aromatic carbocycles. The Morgan fingerprint density at radius 1 is 1.27 bits per heavy atom. The van der Waals surface area contributed by atoms with Crippen LogP contribution in [0.3, 0.4) is 0 Å². The maximum atomic E-state index is 9.54. The lowest BCUT2D eigenvalue weighted by Gasteiger charge is -1.73. The molecule has 0 radical (unpaired) electrons. The summed E-state index contributed by atoms with van der Waals surface area (Å²) in [4.78, 5) is 18.9. The summed E-state index contributed by atoms with van der Waals surface area (Å²) in [6, 6.07) is 4.04. The predicted octanol–water partition coefficient (Wildman–Crippen LogP) is 1.41. The summed E-state index contributed by atoms with van der Waals surface area (Å²) >= 11 is 1.71. The molecule has 0 aliphatic carbocycles. The molecule has 0 atom stereocenters. The van der Waals surface area contributed by atoms with Gasteiger partial charge in [-0.3, -0.25) is 4.79 Å². The van der Waals surface area contributed by atoms with Crippen LogP contribution < -0.4 is 0 Å². The van der Waals surface area contributed by atoms with E-state index < -0.39 is 11.8 Å². The second-order valence-corrected chi connectivity index (χ2v) is 2.47. The van der Waals surface area contributed by atoms with Crippen LogP contribution >= 0.6 is 11.3 Å². The predicted molar refractivity (Wildman–Crippen MR) is 42.6 cm³/mol. The van der Waals surface area contributed by atoms with Gasteiger partial charge in [0.1, 0.15) is 0 Å². The molecule has 1 aromatic rings. The van der Waals surface area contributed by atoms with Crippen LogP contribution in [0.1, 0.15) is 6.92 Å². The van der Waals surface area contributed by atoms with Crippen molar-refractivity contribution in [1.29, 1.82) is 0 Å². The third kappa shape index (κ3) is 6.73. The van der Waals surface area contributed by atoms with E-state index in [0.29, 0.717) is 0 Å². The van der Waals surface area contributed by atoms with Gasteiger partial charge in [-0.1, -0.05) is 12.1 Å². The molecule has 0 unspecified atom stereocenters. The average Bonchev–Trinajstić information content (AvgIpc) is 2.41. The zero-order valence-corrected chi connectivity index (χ0v) is 6.80. The van der Waals surface area contributed by atoms with Crippen LogP contribution in [0.4, 0.5) is 0 Å². The number of hydrogen-bond acceptors (Lipinski definition) is 3. The average molecular weight is 172 g/mol. The fourth-order valence-corrected chi connectivity index (χ4v) is 0.680. The number of carboxylic acids is 1. The maximum Gasteiger partial charge on any atom is 0.371 e. The number of carboxylic acid groups (broad SMARTS) is 1. The smallest absolute Gasteiger partial charge is 0.371 e. The minimum Gasteiger partial charge on any atom is -0.476 e. The Kier molecular flexibility index (Phi) is 5.02. The van der Waals surface area contributed by atoms with Gasteiger partial charge in [0.2, 0.25) is 5.78 Å². The summed E-state index contributed by atoms with van der Waals surface area (Å²) < 4.78 is 0. The molecule has 60 valence electrons. The molecule has 0 fully saturated rings. The van der Waals surface area contributed by atoms with Gasteiger partial charge in [0.05, 0.1) is 0 Å². The first-order valence-corrected chi connectivity index (χ1v) is 3.80. The Morgan fingerprint density at radius 3 is 1.73 bits per heavy atom. The van der Waals surface area contributed by atoms with Crippen LogP contribution in [0.2, 0.25) is 0 Å². The van der Waals surface area contributed by atoms with Crippen molar-refractivity contribution in [2.24, 2.45) is 0 Å². The number of carbonyl (C=O) groups is 2. The first kappa shape index (κ1) is 9.84. The molecule has 0 amide bonds. The van der Waals surface area contributed by atoms with Crippen molar-refractivity contribution in [3.63, 3.8) is 0 Å². The SMILES string of the molecule is CC(=O)C(=O)O.c1ccsc1. The van der Waals surface area contributed by atoms with E-state index in [1.807, 2.05) is 22.9 Å². The first-order valence-electron chi connectivity index (χ1n) is 2.85. The highest BCUT2D eigenvalue weighted by atomic mass is 32.1. The van der Waals surface area contributed by atoms with Gasteiger partial charge >= 0.3 is 5.97 Å². The third-order valence-electron chi connectivity index (χ3n) is 0.727. The summed E-state index contributed by atoms with van der Waals surface area (Å²) in [6.07, 6.45) is 0. The summed E-state index contributed by atoms with van der Waals surface area (Å²) in [5.74, 6) is -2.20. The van der Waals surface area contributed by atoms with Crippen molar-refractivity contribution >= 4 is 23.1 Å². The van der Waals surface area contributed by atoms with Gasteiger partial charge in [-0.15, -0.1) is 0 Å². The largest absolute Gasteiger partial charge is 0.476 e. The number of thiophene rings is 1. The highest BCUT2D eigenvalue weighted by Crippen LogP contribution is 1.91. The van der Waals surface area contributed by atoms with Crippen molar-refractivity contribution < 1.29 is 14.7 Å². The molecule has 3 nitrogen and oxygen atoms in total. The van der Waals surface area contributed by atoms with E-state index in [-0.39, 0.29) is 0 Å². The monoisotopic (exact) mass is 172 g/mol. The number of hydrogen-bond donors (Lipinski definition) is 1. The minimum absolute atomic E-state index is 0.824. The standard InChI is InChI=1S/C4H4S.C3H4O3/c1-2-4-5-3-1;1-2(4)3(5)6/h1-4H;1H3,(H,5,6). The van der Waals surface area contributed by atoms with Gasteiger partial charge in [0.25, 0.3) is 0 Å². The second-order valence-electron chi connectivity index (χ2n) is 1.65. The zero-order valence-electron chi connectivity index (χ0n) is 5.98. The van der Waals surface area contributed by atoms with Gasteiger partial charge in [-0.05, 0) is 10.8 Å². The molecule has 0 saturated heterocycles. The van der Waals surface area contributed by atoms with Crippen LogP contribution in [-0.2, 0) is 9.59 Å². The summed E-state index contributed by atoms with van der Waals surface area (Å²) in [6.45, 7) is 1.00. The lowest BCUT2D eigenvalue weighted by molar-refractivity contribution is -0.148. The number of ketones is 1. The van der Waals surface area contributed by atoms with E-state index in [4.69, 9.17) is 5.11 Å². The molecular weight excluding hydrogens is 164 g/mol. The van der Waals surface area contributed by atoms with E-state index in [1.54, 1.807) is 11.3 Å². The first-order chi connectivity index (χ1) is 5.14. The Bertz CT molecular complexity index is 186. The van der Waals surface area contributed by atoms with E-state index in [0.717, 1.165) is 6.92 Å². The number of carbonyl (C=O) groups excluding carboxylic acids is 1. The molecule has 0 spiro atoms. The van der Waals surface area contributed by atoms with E-state index in [9.17, 15) is 9.59 Å². The second kappa shape index (κ2) is 5.61. The number of aliphatic carboxylic acids is 1. The van der Waals surface area contributed by atoms with Crippen LogP contribution in [0.25, 0.3) is 0 Å². The Hall–Kier alpha value is -1.16. The van der Waals surface area contributed by atoms with Gasteiger partial charge < -0.3 is 5.11 Å². The van der Waals surface area contributed by atoms with Crippen LogP contribution in [0, 0.1) is 0 Å². The molecule has 1 rings (SSSR count). The molecular formula is C7H8O3S. The molecule has 4 heteroatoms. The van der Waals surface area contributed by atoms with E-state index >= 15 is 0 Å². The maximum absolute atomic E-state index is 9.54. The topological polar surface area (TPSA) is 54.4 Å². The minimum atomic E-state index is -1.38. The Labute approximate surface area is 68.3 Å². The summed E-state index contributed by atoms with van der Waals surface area (Å²) in [5.41, 5.74) is 0. The number of Topliss-reactive ketones (excluding diaryl/α,β-unsaturated/α-hetero) is 1. The van der Waals surface area contributed by atoms with Crippen LogP contribution in [0.15, 0.2) is 22.9 Å². The van der Waals surface area contributed by atoms with E-state index in [2.05, 4.69) is 0 Å². The normalized spacial score (nSPS) is 7.73. The lowest BCUT2D eigenvalue weighted by Crippen LogP contribution is -2.05. The van der Waals surface area contributed by atoms with Crippen LogP contribution in [0.5, 0.6) is 0 Å². The molecule has 11 heavy (non-hydrogen) atoms. The molecule has 0 aliphatic rings. The quantitative estimate of drug-likeness (QED) is 0.651. The summed E-state index contributed by atoms with van der Waals surface area (Å²) in [7, 11) is 0.